The van der Waals surface area contributed by atoms with Gasteiger partial charge in [0.25, 0.3) is 0 Å². The Bertz CT molecular complexity index is 386. The number of aromatic nitrogens is 1. The van der Waals surface area contributed by atoms with Gasteiger partial charge in [0.2, 0.25) is 0 Å². The first-order valence-electron chi connectivity index (χ1n) is 4.67. The Balaban J connectivity index is 2.72. The molecule has 4 nitrogen and oxygen atoms in total. The number of pyridine rings is 1. The topological polar surface area (TPSA) is 70.4 Å². The van der Waals surface area contributed by atoms with Crippen molar-refractivity contribution in [3.8, 4) is 0 Å². The van der Waals surface area contributed by atoms with E-state index < -0.39 is 5.97 Å². The molecule has 0 spiro atoms. The van der Waals surface area contributed by atoms with Crippen LogP contribution in [0.1, 0.15) is 17.3 Å². The van der Waals surface area contributed by atoms with Crippen molar-refractivity contribution < 1.29 is 15.0 Å². The van der Waals surface area contributed by atoms with E-state index in [0.717, 1.165) is 0 Å². The zero-order chi connectivity index (χ0) is 12.1. The second kappa shape index (κ2) is 6.08. The smallest absolute Gasteiger partial charge is 0.337 e. The van der Waals surface area contributed by atoms with E-state index in [1.807, 2.05) is 6.92 Å². The molecule has 1 unspecified atom stereocenters. The minimum absolute atomic E-state index is 0.0737. The average Bonchev–Trinajstić information content (AvgIpc) is 2.26. The summed E-state index contributed by atoms with van der Waals surface area (Å²) in [6, 6.07) is 1.38. The van der Waals surface area contributed by atoms with E-state index in [2.05, 4.69) is 4.98 Å². The van der Waals surface area contributed by atoms with Crippen LogP contribution in [0.15, 0.2) is 17.3 Å². The fraction of sp³-hybridized carbons (Fsp3) is 0.400. The highest BCUT2D eigenvalue weighted by atomic mass is 35.5. The lowest BCUT2D eigenvalue weighted by atomic mass is 10.2. The zero-order valence-corrected chi connectivity index (χ0v) is 10.3. The van der Waals surface area contributed by atoms with Gasteiger partial charge in [-0.2, -0.15) is 0 Å². The molecular weight excluding hydrogens is 250 g/mol. The summed E-state index contributed by atoms with van der Waals surface area (Å²) in [5, 5.41) is 18.5. The lowest BCUT2D eigenvalue weighted by Gasteiger charge is -2.07. The highest BCUT2D eigenvalue weighted by molar-refractivity contribution is 7.99. The number of thioether (sulfide) groups is 1. The van der Waals surface area contributed by atoms with E-state index in [9.17, 15) is 4.79 Å². The molecular formula is C10H12ClNO3S. The summed E-state index contributed by atoms with van der Waals surface area (Å²) in [6.45, 7) is 2.02. The minimum atomic E-state index is -1.05. The Hall–Kier alpha value is -0.780. The Morgan fingerprint density at radius 3 is 2.88 bits per heavy atom. The van der Waals surface area contributed by atoms with E-state index in [1.165, 1.54) is 24.0 Å². The SMILES string of the molecule is CC(CO)CSc1ncc(C(=O)O)cc1Cl. The number of carboxylic acids is 1. The van der Waals surface area contributed by atoms with Gasteiger partial charge in [-0.25, -0.2) is 9.78 Å². The second-order valence-corrected chi connectivity index (χ2v) is 4.83. The predicted octanol–water partition coefficient (Wildman–Crippen LogP) is 2.15. The Labute approximate surface area is 103 Å². The summed E-state index contributed by atoms with van der Waals surface area (Å²) in [4.78, 5) is 14.6. The maximum atomic E-state index is 10.6. The van der Waals surface area contributed by atoms with Gasteiger partial charge < -0.3 is 10.2 Å². The van der Waals surface area contributed by atoms with Crippen LogP contribution in [0.4, 0.5) is 0 Å². The van der Waals surface area contributed by atoms with Crippen molar-refractivity contribution in [2.45, 2.75) is 11.9 Å². The van der Waals surface area contributed by atoms with Gasteiger partial charge in [-0.3, -0.25) is 0 Å². The highest BCUT2D eigenvalue weighted by Crippen LogP contribution is 2.26. The molecule has 0 aliphatic carbocycles. The van der Waals surface area contributed by atoms with Crippen molar-refractivity contribution in [3.63, 3.8) is 0 Å². The van der Waals surface area contributed by atoms with Crippen LogP contribution >= 0.6 is 23.4 Å². The lowest BCUT2D eigenvalue weighted by molar-refractivity contribution is 0.0696. The molecule has 0 aliphatic heterocycles. The van der Waals surface area contributed by atoms with E-state index in [0.29, 0.717) is 15.8 Å². The first-order chi connectivity index (χ1) is 7.54. The van der Waals surface area contributed by atoms with Crippen molar-refractivity contribution in [3.05, 3.63) is 22.8 Å². The van der Waals surface area contributed by atoms with E-state index in [4.69, 9.17) is 21.8 Å². The van der Waals surface area contributed by atoms with Crippen molar-refractivity contribution in [1.29, 1.82) is 0 Å². The normalized spacial score (nSPS) is 12.4. The number of nitrogens with zero attached hydrogens (tertiary/aromatic N) is 1. The van der Waals surface area contributed by atoms with Crippen molar-refractivity contribution in [2.75, 3.05) is 12.4 Å². The summed E-state index contributed by atoms with van der Waals surface area (Å²) in [7, 11) is 0. The van der Waals surface area contributed by atoms with Gasteiger partial charge >= 0.3 is 5.97 Å². The highest BCUT2D eigenvalue weighted by Gasteiger charge is 2.10. The van der Waals surface area contributed by atoms with Crippen molar-refractivity contribution in [2.24, 2.45) is 5.92 Å². The molecule has 0 bridgehead atoms. The third-order valence-corrected chi connectivity index (χ3v) is 3.61. The predicted molar refractivity (Wildman–Crippen MR) is 63.2 cm³/mol. The summed E-state index contributed by atoms with van der Waals surface area (Å²) < 4.78 is 0. The summed E-state index contributed by atoms with van der Waals surface area (Å²) in [6.07, 6.45) is 1.28. The fourth-order valence-corrected chi connectivity index (χ4v) is 2.12. The number of carbonyl (C=O) groups is 1. The van der Waals surface area contributed by atoms with Gasteiger partial charge in [0.1, 0.15) is 5.03 Å². The van der Waals surface area contributed by atoms with Crippen LogP contribution in [0.2, 0.25) is 5.02 Å². The van der Waals surface area contributed by atoms with E-state index in [-0.39, 0.29) is 18.1 Å². The molecule has 2 N–H and O–H groups in total. The quantitative estimate of drug-likeness (QED) is 0.795. The van der Waals surface area contributed by atoms with Gasteiger partial charge in [0, 0.05) is 18.6 Å². The van der Waals surface area contributed by atoms with Crippen LogP contribution in [0.3, 0.4) is 0 Å². The molecule has 1 heterocycles. The molecule has 0 amide bonds. The fourth-order valence-electron chi connectivity index (χ4n) is 0.922. The van der Waals surface area contributed by atoms with E-state index in [1.54, 1.807) is 0 Å². The Morgan fingerprint density at radius 1 is 1.69 bits per heavy atom. The number of aliphatic hydroxyl groups excluding tert-OH is 1. The molecule has 0 aliphatic rings. The summed E-state index contributed by atoms with van der Waals surface area (Å²) >= 11 is 7.30. The molecule has 1 aromatic rings. The number of rotatable bonds is 5. The molecule has 1 atom stereocenters. The van der Waals surface area contributed by atoms with Gasteiger partial charge in [0.05, 0.1) is 10.6 Å². The van der Waals surface area contributed by atoms with Crippen LogP contribution in [-0.4, -0.2) is 33.5 Å². The molecule has 0 aromatic carbocycles. The molecule has 0 radical (unpaired) electrons. The first-order valence-corrected chi connectivity index (χ1v) is 6.03. The Morgan fingerprint density at radius 2 is 2.38 bits per heavy atom. The molecule has 6 heteroatoms. The maximum absolute atomic E-state index is 10.6. The number of hydrogen-bond acceptors (Lipinski definition) is 4. The maximum Gasteiger partial charge on any atom is 0.337 e. The molecule has 0 saturated carbocycles. The summed E-state index contributed by atoms with van der Waals surface area (Å²) in [5.74, 6) is -0.202. The largest absolute Gasteiger partial charge is 0.478 e. The number of halogens is 1. The zero-order valence-electron chi connectivity index (χ0n) is 8.68. The third-order valence-electron chi connectivity index (χ3n) is 1.87. The number of aromatic carboxylic acids is 1. The van der Waals surface area contributed by atoms with Crippen LogP contribution in [0.25, 0.3) is 0 Å². The lowest BCUT2D eigenvalue weighted by Crippen LogP contribution is -2.04. The summed E-state index contributed by atoms with van der Waals surface area (Å²) in [5.41, 5.74) is 0.0737. The second-order valence-electron chi connectivity index (χ2n) is 3.41. The van der Waals surface area contributed by atoms with Crippen molar-refractivity contribution in [1.82, 2.24) is 4.98 Å². The van der Waals surface area contributed by atoms with Gasteiger partial charge in [-0.1, -0.05) is 18.5 Å². The molecule has 1 rings (SSSR count). The van der Waals surface area contributed by atoms with Gasteiger partial charge in [-0.15, -0.1) is 11.8 Å². The van der Waals surface area contributed by atoms with Crippen LogP contribution in [0.5, 0.6) is 0 Å². The molecule has 16 heavy (non-hydrogen) atoms. The number of hydrogen-bond donors (Lipinski definition) is 2. The van der Waals surface area contributed by atoms with Gasteiger partial charge in [0.15, 0.2) is 0 Å². The molecule has 0 fully saturated rings. The third kappa shape index (κ3) is 3.66. The van der Waals surface area contributed by atoms with E-state index >= 15 is 0 Å². The molecule has 88 valence electrons. The van der Waals surface area contributed by atoms with Crippen LogP contribution in [0, 0.1) is 5.92 Å². The number of carboxylic acid groups (broad SMARTS) is 1. The standard InChI is InChI=1S/C10H12ClNO3S/c1-6(4-13)5-16-9-8(11)2-7(3-12-9)10(14)15/h2-3,6,13H,4-5H2,1H3,(H,14,15). The van der Waals surface area contributed by atoms with Crippen LogP contribution in [-0.2, 0) is 0 Å². The number of aliphatic hydroxyl groups is 1. The first kappa shape index (κ1) is 13.3. The minimum Gasteiger partial charge on any atom is -0.478 e. The molecule has 0 saturated heterocycles. The monoisotopic (exact) mass is 261 g/mol. The Kier molecular flexibility index (Phi) is 5.05. The average molecular weight is 262 g/mol. The van der Waals surface area contributed by atoms with Crippen molar-refractivity contribution >= 4 is 29.3 Å². The molecule has 1 aromatic heterocycles. The van der Waals surface area contributed by atoms with Crippen LogP contribution < -0.4 is 0 Å². The van der Waals surface area contributed by atoms with Gasteiger partial charge in [-0.05, 0) is 12.0 Å².